The summed E-state index contributed by atoms with van der Waals surface area (Å²) in [6, 6.07) is 9.48. The Morgan fingerprint density at radius 3 is 1.74 bits per heavy atom. The molecule has 0 saturated carbocycles. The van der Waals surface area contributed by atoms with Gasteiger partial charge in [0, 0.05) is 28.9 Å². The number of aryl methyl sites for hydroxylation is 1. The molecule has 0 spiro atoms. The van der Waals surface area contributed by atoms with Crippen LogP contribution in [-0.2, 0) is 27.0 Å². The lowest BCUT2D eigenvalue weighted by atomic mass is 10.0. The van der Waals surface area contributed by atoms with E-state index < -0.39 is 60.0 Å². The number of carbonyl (C=O) groups is 3. The second kappa shape index (κ2) is 18.2. The van der Waals surface area contributed by atoms with Crippen molar-refractivity contribution in [3.05, 3.63) is 77.5 Å². The Morgan fingerprint density at radius 2 is 1.28 bits per heavy atom. The van der Waals surface area contributed by atoms with Crippen LogP contribution in [0, 0.1) is 12.7 Å². The van der Waals surface area contributed by atoms with E-state index in [2.05, 4.69) is 15.2 Å². The lowest BCUT2D eigenvalue weighted by Gasteiger charge is -2.15. The summed E-state index contributed by atoms with van der Waals surface area (Å²) in [7, 11) is 0. The molecular weight excluding hydrogens is 763 g/mol. The standard InChI is InChI=1S/C23H20F4N4O.3C2HF3O2/c1-13-20-8-14(3-5-22(20)31-30-13)16-7-19(11-29-10-16)32-12-18(28)6-15-2-4-17(9-21(15)24)23(25,26)27;3*3-2(4,5)1(6)7/h2-5,7-11,18H,6,12,28H2,1H3,(H,30,31);3*(H,6,7)/t18-;;;/m0.../s1. The van der Waals surface area contributed by atoms with Gasteiger partial charge in [-0.2, -0.15) is 57.8 Å². The number of pyridine rings is 1. The number of hydrogen-bond acceptors (Lipinski definition) is 7. The van der Waals surface area contributed by atoms with Crippen LogP contribution in [0.2, 0.25) is 0 Å². The molecule has 0 aliphatic carbocycles. The molecule has 0 aliphatic heterocycles. The van der Waals surface area contributed by atoms with Crippen molar-refractivity contribution in [1.29, 1.82) is 0 Å². The van der Waals surface area contributed by atoms with Crippen molar-refractivity contribution in [2.45, 2.75) is 44.1 Å². The summed E-state index contributed by atoms with van der Waals surface area (Å²) in [6.07, 6.45) is -16.6. The summed E-state index contributed by atoms with van der Waals surface area (Å²) in [5.41, 5.74) is 8.70. The highest BCUT2D eigenvalue weighted by molar-refractivity contribution is 5.86. The molecular formula is C29H23F13N4O7. The molecule has 53 heavy (non-hydrogen) atoms. The number of carboxylic acids is 3. The van der Waals surface area contributed by atoms with Gasteiger partial charge in [0.2, 0.25) is 0 Å². The van der Waals surface area contributed by atoms with Gasteiger partial charge in [0.05, 0.1) is 17.3 Å². The van der Waals surface area contributed by atoms with Crippen molar-refractivity contribution < 1.29 is 91.5 Å². The van der Waals surface area contributed by atoms with Gasteiger partial charge in [0.1, 0.15) is 18.2 Å². The van der Waals surface area contributed by atoms with Gasteiger partial charge in [0.25, 0.3) is 0 Å². The second-order valence-electron chi connectivity index (χ2n) is 9.98. The van der Waals surface area contributed by atoms with Crippen molar-refractivity contribution >= 4 is 28.8 Å². The van der Waals surface area contributed by atoms with E-state index in [0.717, 1.165) is 39.9 Å². The Labute approximate surface area is 286 Å². The first-order valence-electron chi connectivity index (χ1n) is 13.6. The summed E-state index contributed by atoms with van der Waals surface area (Å²) in [5, 5.41) is 29.5. The number of H-pyrrole nitrogens is 1. The van der Waals surface area contributed by atoms with E-state index in [1.807, 2.05) is 31.2 Å². The fraction of sp³-hybridized carbons (Fsp3) is 0.276. The molecule has 0 bridgehead atoms. The van der Waals surface area contributed by atoms with Crippen LogP contribution in [0.5, 0.6) is 5.75 Å². The third kappa shape index (κ3) is 15.6. The van der Waals surface area contributed by atoms with Crippen molar-refractivity contribution in [2.75, 3.05) is 6.61 Å². The summed E-state index contributed by atoms with van der Waals surface area (Å²) in [6.45, 7) is 1.99. The van der Waals surface area contributed by atoms with E-state index in [4.69, 9.17) is 40.2 Å². The van der Waals surface area contributed by atoms with Crippen LogP contribution >= 0.6 is 0 Å². The number of benzene rings is 2. The van der Waals surface area contributed by atoms with Crippen LogP contribution in [0.1, 0.15) is 16.8 Å². The topological polar surface area (TPSA) is 189 Å². The van der Waals surface area contributed by atoms with Crippen LogP contribution in [0.4, 0.5) is 57.1 Å². The molecule has 0 unspecified atom stereocenters. The minimum absolute atomic E-state index is 0.0352. The lowest BCUT2D eigenvalue weighted by molar-refractivity contribution is -0.193. The molecule has 292 valence electrons. The normalized spacial score (nSPS) is 12.2. The Hall–Kier alpha value is -5.68. The van der Waals surface area contributed by atoms with E-state index in [-0.39, 0.29) is 18.6 Å². The van der Waals surface area contributed by atoms with E-state index in [1.165, 1.54) is 6.20 Å². The molecule has 0 fully saturated rings. The Bertz CT molecular complexity index is 1800. The van der Waals surface area contributed by atoms with Gasteiger partial charge < -0.3 is 25.8 Å². The molecule has 2 heterocycles. The van der Waals surface area contributed by atoms with Gasteiger partial charge in [-0.15, -0.1) is 0 Å². The molecule has 0 amide bonds. The van der Waals surface area contributed by atoms with Gasteiger partial charge in [-0.05, 0) is 54.8 Å². The Kier molecular flexibility index (Phi) is 15.6. The predicted molar refractivity (Wildman–Crippen MR) is 154 cm³/mol. The molecule has 1 atom stereocenters. The summed E-state index contributed by atoms with van der Waals surface area (Å²) in [5.74, 6) is -8.73. The van der Waals surface area contributed by atoms with E-state index in [0.29, 0.717) is 11.8 Å². The third-order valence-corrected chi connectivity index (χ3v) is 5.85. The van der Waals surface area contributed by atoms with Crippen molar-refractivity contribution in [1.82, 2.24) is 15.2 Å². The lowest BCUT2D eigenvalue weighted by Crippen LogP contribution is -2.30. The van der Waals surface area contributed by atoms with Gasteiger partial charge in [0.15, 0.2) is 0 Å². The zero-order chi connectivity index (χ0) is 41.1. The summed E-state index contributed by atoms with van der Waals surface area (Å²) >= 11 is 0. The highest BCUT2D eigenvalue weighted by Crippen LogP contribution is 2.31. The molecule has 24 heteroatoms. The number of aromatic nitrogens is 3. The fourth-order valence-electron chi connectivity index (χ4n) is 3.41. The summed E-state index contributed by atoms with van der Waals surface area (Å²) < 4.78 is 153. The van der Waals surface area contributed by atoms with E-state index in [9.17, 15) is 57.1 Å². The van der Waals surface area contributed by atoms with E-state index in [1.54, 1.807) is 6.20 Å². The number of nitrogens with two attached hydrogens (primary N) is 1. The molecule has 4 rings (SSSR count). The smallest absolute Gasteiger partial charge is 0.490 e. The predicted octanol–water partition coefficient (Wildman–Crippen LogP) is 6.94. The molecule has 4 aromatic rings. The minimum Gasteiger partial charge on any atom is -0.490 e. The Morgan fingerprint density at radius 1 is 0.774 bits per heavy atom. The SMILES string of the molecule is Cc1[nH]nc2ccc(-c3cncc(OC[C@@H](N)Cc4ccc(C(F)(F)F)cc4F)c3)cc12.O=C(O)C(F)(F)F.O=C(O)C(F)(F)F.O=C(O)C(F)(F)F. The van der Waals surface area contributed by atoms with Crippen LogP contribution in [0.25, 0.3) is 22.0 Å². The monoisotopic (exact) mass is 786 g/mol. The Balaban J connectivity index is 0.000000545. The van der Waals surface area contributed by atoms with Gasteiger partial charge >= 0.3 is 42.6 Å². The van der Waals surface area contributed by atoms with Crippen LogP contribution in [0.3, 0.4) is 0 Å². The fourth-order valence-corrected chi connectivity index (χ4v) is 3.41. The minimum atomic E-state index is -5.08. The van der Waals surface area contributed by atoms with Crippen molar-refractivity contribution in [3.63, 3.8) is 0 Å². The number of hydrogen-bond donors (Lipinski definition) is 5. The number of halogens is 13. The molecule has 2 aromatic carbocycles. The van der Waals surface area contributed by atoms with Gasteiger partial charge in [-0.3, -0.25) is 10.1 Å². The average molecular weight is 786 g/mol. The quantitative estimate of drug-likeness (QED) is 0.128. The molecule has 2 aromatic heterocycles. The molecule has 0 radical (unpaired) electrons. The van der Waals surface area contributed by atoms with Crippen LogP contribution in [-0.4, -0.2) is 79.6 Å². The number of aliphatic carboxylic acids is 3. The molecule has 0 saturated heterocycles. The summed E-state index contributed by atoms with van der Waals surface area (Å²) in [4.78, 5) is 30.9. The van der Waals surface area contributed by atoms with E-state index >= 15 is 0 Å². The van der Waals surface area contributed by atoms with Gasteiger partial charge in [-0.25, -0.2) is 18.8 Å². The number of carboxylic acid groups (broad SMARTS) is 3. The number of nitrogens with one attached hydrogen (secondary N) is 1. The number of rotatable bonds is 6. The maximum atomic E-state index is 14.0. The molecule has 11 nitrogen and oxygen atoms in total. The first-order chi connectivity index (χ1) is 24.0. The maximum absolute atomic E-state index is 14.0. The zero-order valence-corrected chi connectivity index (χ0v) is 26.0. The number of ether oxygens (including phenoxy) is 1. The first-order valence-corrected chi connectivity index (χ1v) is 13.6. The highest BCUT2D eigenvalue weighted by Gasteiger charge is 2.39. The third-order valence-electron chi connectivity index (χ3n) is 5.85. The second-order valence-corrected chi connectivity index (χ2v) is 9.98. The first kappa shape index (κ1) is 45.3. The highest BCUT2D eigenvalue weighted by atomic mass is 19.4. The van der Waals surface area contributed by atoms with Crippen LogP contribution < -0.4 is 10.5 Å². The zero-order valence-electron chi connectivity index (χ0n) is 26.0. The number of alkyl halides is 12. The molecule has 6 N–H and O–H groups in total. The van der Waals surface area contributed by atoms with Crippen molar-refractivity contribution in [2.24, 2.45) is 5.73 Å². The van der Waals surface area contributed by atoms with Gasteiger partial charge in [-0.1, -0.05) is 12.1 Å². The number of fused-ring (bicyclic) bond motifs is 1. The maximum Gasteiger partial charge on any atom is 0.490 e. The van der Waals surface area contributed by atoms with Crippen molar-refractivity contribution in [3.8, 4) is 16.9 Å². The number of aromatic amines is 1. The average Bonchev–Trinajstić information content (AvgIpc) is 3.40. The molecule has 0 aliphatic rings. The van der Waals surface area contributed by atoms with Crippen LogP contribution in [0.15, 0.2) is 54.9 Å². The largest absolute Gasteiger partial charge is 0.490 e. The number of nitrogens with zero attached hydrogens (tertiary/aromatic N) is 2.